The van der Waals surface area contributed by atoms with Crippen molar-refractivity contribution in [2.45, 2.75) is 59.3 Å². The summed E-state index contributed by atoms with van der Waals surface area (Å²) in [5.41, 5.74) is 0. The summed E-state index contributed by atoms with van der Waals surface area (Å²) in [6, 6.07) is 0. The fourth-order valence-electron chi connectivity index (χ4n) is 1.92. The number of carboxylic acid groups (broad SMARTS) is 1. The lowest BCUT2D eigenvalue weighted by Crippen LogP contribution is -2.47. The highest BCUT2D eigenvalue weighted by molar-refractivity contribution is 5.66. The summed E-state index contributed by atoms with van der Waals surface area (Å²) in [6.07, 6.45) is 3.18. The summed E-state index contributed by atoms with van der Waals surface area (Å²) in [4.78, 5) is 11.8. The summed E-state index contributed by atoms with van der Waals surface area (Å²) >= 11 is 0. The Morgan fingerprint density at radius 2 is 2.11 bits per heavy atom. The van der Waals surface area contributed by atoms with Crippen molar-refractivity contribution in [3.63, 3.8) is 0 Å². The van der Waals surface area contributed by atoms with Gasteiger partial charge in [0.2, 0.25) is 0 Å². The summed E-state index contributed by atoms with van der Waals surface area (Å²) in [6.45, 7) is 11.6. The molecule has 5 heteroatoms. The molecule has 1 rings (SSSR count). The van der Waals surface area contributed by atoms with Crippen molar-refractivity contribution in [2.75, 3.05) is 26.3 Å². The quantitative estimate of drug-likeness (QED) is 0.806. The monoisotopic (exact) mass is 275 g/mol. The van der Waals surface area contributed by atoms with Gasteiger partial charge in [0.1, 0.15) is 6.23 Å². The topological polar surface area (TPSA) is 59.0 Å². The molecule has 2 unspecified atom stereocenters. The van der Waals surface area contributed by atoms with Crippen LogP contribution in [0.25, 0.3) is 0 Å². The van der Waals surface area contributed by atoms with Gasteiger partial charge in [-0.2, -0.15) is 0 Å². The number of aliphatic carboxylic acids is 1. The molecule has 1 fully saturated rings. The van der Waals surface area contributed by atoms with Gasteiger partial charge in [-0.3, -0.25) is 9.69 Å². The van der Waals surface area contributed by atoms with E-state index < -0.39 is 5.97 Å². The van der Waals surface area contributed by atoms with Crippen molar-refractivity contribution < 1.29 is 19.4 Å². The SMILES string of the molecule is CCC(=O)O.CCCC(OCC)N1CCOC(C)C1. The summed E-state index contributed by atoms with van der Waals surface area (Å²) in [5.74, 6) is -0.745. The van der Waals surface area contributed by atoms with E-state index in [9.17, 15) is 4.79 Å². The van der Waals surface area contributed by atoms with Gasteiger partial charge in [0.15, 0.2) is 0 Å². The van der Waals surface area contributed by atoms with Crippen LogP contribution in [0.5, 0.6) is 0 Å². The molecule has 0 aliphatic carbocycles. The molecule has 0 amide bonds. The summed E-state index contributed by atoms with van der Waals surface area (Å²) < 4.78 is 11.3. The lowest BCUT2D eigenvalue weighted by Gasteiger charge is -2.36. The molecule has 114 valence electrons. The normalized spacial score (nSPS) is 21.4. The Morgan fingerprint density at radius 1 is 1.47 bits per heavy atom. The third kappa shape index (κ3) is 8.97. The van der Waals surface area contributed by atoms with Crippen LogP contribution in [-0.2, 0) is 14.3 Å². The van der Waals surface area contributed by atoms with E-state index in [0.29, 0.717) is 12.3 Å². The fraction of sp³-hybridized carbons (Fsp3) is 0.929. The number of rotatable bonds is 6. The summed E-state index contributed by atoms with van der Waals surface area (Å²) in [7, 11) is 0. The van der Waals surface area contributed by atoms with Gasteiger partial charge in [-0.05, 0) is 20.3 Å². The molecule has 19 heavy (non-hydrogen) atoms. The average Bonchev–Trinajstić information content (AvgIpc) is 2.39. The Labute approximate surface area is 116 Å². The maximum Gasteiger partial charge on any atom is 0.303 e. The van der Waals surface area contributed by atoms with Crippen molar-refractivity contribution in [3.05, 3.63) is 0 Å². The zero-order chi connectivity index (χ0) is 14.7. The average molecular weight is 275 g/mol. The molecular formula is C14H29NO4. The number of hydrogen-bond donors (Lipinski definition) is 1. The van der Waals surface area contributed by atoms with E-state index in [1.165, 1.54) is 6.42 Å². The Hall–Kier alpha value is -0.650. The molecule has 1 aliphatic heterocycles. The number of nitrogens with zero attached hydrogens (tertiary/aromatic N) is 1. The predicted octanol–water partition coefficient (Wildman–Crippen LogP) is 2.35. The van der Waals surface area contributed by atoms with E-state index in [1.54, 1.807) is 6.92 Å². The molecule has 0 radical (unpaired) electrons. The molecule has 2 atom stereocenters. The second-order valence-corrected chi connectivity index (χ2v) is 4.62. The van der Waals surface area contributed by atoms with E-state index in [1.807, 2.05) is 0 Å². The van der Waals surface area contributed by atoms with Crippen molar-refractivity contribution in [3.8, 4) is 0 Å². The van der Waals surface area contributed by atoms with E-state index in [4.69, 9.17) is 14.6 Å². The van der Waals surface area contributed by atoms with Crippen LogP contribution in [-0.4, -0.2) is 54.6 Å². The van der Waals surface area contributed by atoms with Crippen LogP contribution in [0.1, 0.15) is 47.0 Å². The first kappa shape index (κ1) is 18.4. The lowest BCUT2D eigenvalue weighted by atomic mass is 10.2. The molecule has 1 aliphatic rings. The highest BCUT2D eigenvalue weighted by Gasteiger charge is 2.23. The third-order valence-electron chi connectivity index (χ3n) is 2.88. The third-order valence-corrected chi connectivity index (χ3v) is 2.88. The minimum absolute atomic E-state index is 0.222. The molecule has 1 saturated heterocycles. The minimum atomic E-state index is -0.745. The molecule has 0 bridgehead atoms. The second kappa shape index (κ2) is 11.2. The molecule has 1 N–H and O–H groups in total. The Morgan fingerprint density at radius 3 is 2.53 bits per heavy atom. The van der Waals surface area contributed by atoms with Crippen molar-refractivity contribution in [2.24, 2.45) is 0 Å². The zero-order valence-electron chi connectivity index (χ0n) is 12.7. The minimum Gasteiger partial charge on any atom is -0.481 e. The predicted molar refractivity (Wildman–Crippen MR) is 75.2 cm³/mol. The first-order chi connectivity index (χ1) is 9.04. The van der Waals surface area contributed by atoms with Crippen LogP contribution < -0.4 is 0 Å². The standard InChI is InChI=1S/C11H23NO2.C3H6O2/c1-4-6-11(13-5-2)12-7-8-14-10(3)9-12;1-2-3(4)5/h10-11H,4-9H2,1-3H3;2H2,1H3,(H,4,5). The van der Waals surface area contributed by atoms with Gasteiger partial charge in [0, 0.05) is 26.1 Å². The van der Waals surface area contributed by atoms with E-state index in [-0.39, 0.29) is 6.42 Å². The first-order valence-electron chi connectivity index (χ1n) is 7.24. The number of morpholine rings is 1. The van der Waals surface area contributed by atoms with Gasteiger partial charge in [0.05, 0.1) is 12.7 Å². The fourth-order valence-corrected chi connectivity index (χ4v) is 1.92. The highest BCUT2D eigenvalue weighted by atomic mass is 16.5. The van der Waals surface area contributed by atoms with Gasteiger partial charge in [0.25, 0.3) is 0 Å². The van der Waals surface area contributed by atoms with Gasteiger partial charge < -0.3 is 14.6 Å². The molecule has 0 spiro atoms. The lowest BCUT2D eigenvalue weighted by molar-refractivity contribution is -0.136. The van der Waals surface area contributed by atoms with Crippen LogP contribution in [0.15, 0.2) is 0 Å². The highest BCUT2D eigenvalue weighted by Crippen LogP contribution is 2.13. The smallest absolute Gasteiger partial charge is 0.303 e. The maximum atomic E-state index is 9.37. The number of carbonyl (C=O) groups is 1. The molecular weight excluding hydrogens is 246 g/mol. The number of ether oxygens (including phenoxy) is 2. The second-order valence-electron chi connectivity index (χ2n) is 4.62. The Bertz CT molecular complexity index is 227. The van der Waals surface area contributed by atoms with Gasteiger partial charge in [-0.15, -0.1) is 0 Å². The van der Waals surface area contributed by atoms with Crippen LogP contribution in [0.2, 0.25) is 0 Å². The van der Waals surface area contributed by atoms with Gasteiger partial charge >= 0.3 is 5.97 Å². The van der Waals surface area contributed by atoms with E-state index in [0.717, 1.165) is 32.7 Å². The largest absolute Gasteiger partial charge is 0.481 e. The first-order valence-corrected chi connectivity index (χ1v) is 7.24. The van der Waals surface area contributed by atoms with Crippen LogP contribution in [0, 0.1) is 0 Å². The molecule has 5 nitrogen and oxygen atoms in total. The molecule has 0 saturated carbocycles. The number of hydrogen-bond acceptors (Lipinski definition) is 4. The molecule has 0 aromatic heterocycles. The Kier molecular flexibility index (Phi) is 10.8. The Balaban J connectivity index is 0.000000555. The van der Waals surface area contributed by atoms with Crippen LogP contribution in [0.3, 0.4) is 0 Å². The zero-order valence-corrected chi connectivity index (χ0v) is 12.7. The maximum absolute atomic E-state index is 9.37. The molecule has 1 heterocycles. The van der Waals surface area contributed by atoms with Crippen LogP contribution in [0.4, 0.5) is 0 Å². The molecule has 0 aromatic carbocycles. The van der Waals surface area contributed by atoms with E-state index >= 15 is 0 Å². The van der Waals surface area contributed by atoms with Crippen molar-refractivity contribution in [1.82, 2.24) is 4.90 Å². The van der Waals surface area contributed by atoms with E-state index in [2.05, 4.69) is 25.7 Å². The number of carboxylic acids is 1. The van der Waals surface area contributed by atoms with Crippen molar-refractivity contribution in [1.29, 1.82) is 0 Å². The summed E-state index contributed by atoms with van der Waals surface area (Å²) in [5, 5.41) is 7.72. The van der Waals surface area contributed by atoms with Gasteiger partial charge in [-0.1, -0.05) is 20.3 Å². The van der Waals surface area contributed by atoms with Crippen LogP contribution >= 0.6 is 0 Å². The van der Waals surface area contributed by atoms with Gasteiger partial charge in [-0.25, -0.2) is 0 Å². The molecule has 0 aromatic rings. The van der Waals surface area contributed by atoms with Crippen molar-refractivity contribution >= 4 is 5.97 Å².